The minimum absolute atomic E-state index is 0.477. The van der Waals surface area contributed by atoms with Gasteiger partial charge in [-0.25, -0.2) is 0 Å². The summed E-state index contributed by atoms with van der Waals surface area (Å²) in [6, 6.07) is 2.14. The van der Waals surface area contributed by atoms with Crippen LogP contribution in [0.2, 0.25) is 0 Å². The first kappa shape index (κ1) is 13.1. The lowest BCUT2D eigenvalue weighted by Gasteiger charge is -2.40. The van der Waals surface area contributed by atoms with Gasteiger partial charge in [-0.2, -0.15) is 11.3 Å². The monoisotopic (exact) mass is 279 g/mol. The van der Waals surface area contributed by atoms with Crippen LogP contribution < -0.4 is 0 Å². The third kappa shape index (κ3) is 3.00. The summed E-state index contributed by atoms with van der Waals surface area (Å²) in [6.07, 6.45) is 5.24. The van der Waals surface area contributed by atoms with E-state index in [2.05, 4.69) is 21.7 Å². The van der Waals surface area contributed by atoms with E-state index in [4.69, 9.17) is 0 Å². The van der Waals surface area contributed by atoms with Gasteiger partial charge in [0, 0.05) is 13.1 Å². The molecule has 1 saturated carbocycles. The third-order valence-electron chi connectivity index (χ3n) is 4.47. The fourth-order valence-corrected chi connectivity index (χ4v) is 3.97. The fourth-order valence-electron chi connectivity index (χ4n) is 3.31. The van der Waals surface area contributed by atoms with Gasteiger partial charge in [0.15, 0.2) is 0 Å². The molecule has 0 aromatic carbocycles. The van der Waals surface area contributed by atoms with Crippen LogP contribution in [0.5, 0.6) is 0 Å². The Kier molecular flexibility index (Phi) is 3.63. The van der Waals surface area contributed by atoms with Gasteiger partial charge in [-0.1, -0.05) is 12.8 Å². The van der Waals surface area contributed by atoms with Crippen molar-refractivity contribution >= 4 is 17.3 Å². The number of thiophene rings is 1. The lowest BCUT2D eigenvalue weighted by molar-refractivity contribution is -0.153. The standard InChI is InChI=1S/C15H21NO2S/c17-14(18)15(8-12-2-3-12)5-1-6-16(11-15)9-13-4-7-19-10-13/h4,7,10,12H,1-3,5-6,8-9,11H2,(H,17,18)/t15-/m0/s1. The van der Waals surface area contributed by atoms with Gasteiger partial charge in [-0.15, -0.1) is 0 Å². The Hall–Kier alpha value is -0.870. The molecule has 1 atom stereocenters. The number of likely N-dealkylation sites (tertiary alicyclic amines) is 1. The van der Waals surface area contributed by atoms with Gasteiger partial charge >= 0.3 is 5.97 Å². The lowest BCUT2D eigenvalue weighted by Crippen LogP contribution is -2.47. The number of carbonyl (C=O) groups is 1. The van der Waals surface area contributed by atoms with E-state index in [1.165, 1.54) is 18.4 Å². The predicted molar refractivity (Wildman–Crippen MR) is 76.2 cm³/mol. The highest BCUT2D eigenvalue weighted by Gasteiger charge is 2.45. The van der Waals surface area contributed by atoms with Crippen LogP contribution >= 0.6 is 11.3 Å². The molecule has 104 valence electrons. The topological polar surface area (TPSA) is 40.5 Å². The van der Waals surface area contributed by atoms with E-state index in [1.54, 1.807) is 11.3 Å². The number of piperidine rings is 1. The molecule has 3 nitrogen and oxygen atoms in total. The second-order valence-electron chi connectivity index (χ2n) is 6.18. The van der Waals surface area contributed by atoms with Crippen LogP contribution in [0.1, 0.15) is 37.7 Å². The minimum atomic E-state index is -0.575. The Labute approximate surface area is 118 Å². The van der Waals surface area contributed by atoms with Crippen LogP contribution in [0.25, 0.3) is 0 Å². The zero-order valence-electron chi connectivity index (χ0n) is 11.2. The van der Waals surface area contributed by atoms with Crippen molar-refractivity contribution in [3.05, 3.63) is 22.4 Å². The summed E-state index contributed by atoms with van der Waals surface area (Å²) in [5.41, 5.74) is 0.840. The number of nitrogens with zero attached hydrogens (tertiary/aromatic N) is 1. The average Bonchev–Trinajstić information content (AvgIpc) is 3.03. The van der Waals surface area contributed by atoms with E-state index in [9.17, 15) is 9.90 Å². The average molecular weight is 279 g/mol. The molecule has 1 aromatic heterocycles. The molecular formula is C15H21NO2S. The quantitative estimate of drug-likeness (QED) is 0.899. The Morgan fingerprint density at radius 1 is 1.53 bits per heavy atom. The minimum Gasteiger partial charge on any atom is -0.481 e. The highest BCUT2D eigenvalue weighted by molar-refractivity contribution is 7.07. The van der Waals surface area contributed by atoms with Crippen molar-refractivity contribution in [1.29, 1.82) is 0 Å². The summed E-state index contributed by atoms with van der Waals surface area (Å²) in [6.45, 7) is 2.67. The number of rotatable bonds is 5. The molecule has 1 saturated heterocycles. The maximum Gasteiger partial charge on any atom is 0.310 e. The second kappa shape index (κ2) is 5.25. The molecule has 4 heteroatoms. The smallest absolute Gasteiger partial charge is 0.310 e. The molecule has 0 unspecified atom stereocenters. The molecule has 0 spiro atoms. The Morgan fingerprint density at radius 3 is 3.00 bits per heavy atom. The van der Waals surface area contributed by atoms with Crippen molar-refractivity contribution in [3.8, 4) is 0 Å². The van der Waals surface area contributed by atoms with Crippen molar-refractivity contribution < 1.29 is 9.90 Å². The zero-order valence-corrected chi connectivity index (χ0v) is 12.0. The number of carboxylic acids is 1. The molecule has 1 aliphatic heterocycles. The lowest BCUT2D eigenvalue weighted by atomic mass is 9.75. The summed E-state index contributed by atoms with van der Waals surface area (Å²) in [5, 5.41) is 13.9. The summed E-state index contributed by atoms with van der Waals surface area (Å²) in [4.78, 5) is 14.1. The first-order valence-electron chi connectivity index (χ1n) is 7.15. The number of hydrogen-bond acceptors (Lipinski definition) is 3. The molecule has 19 heavy (non-hydrogen) atoms. The van der Waals surface area contributed by atoms with Gasteiger partial charge in [0.05, 0.1) is 5.41 Å². The molecule has 2 aliphatic rings. The van der Waals surface area contributed by atoms with Crippen molar-refractivity contribution in [2.24, 2.45) is 11.3 Å². The van der Waals surface area contributed by atoms with Gasteiger partial charge in [0.1, 0.15) is 0 Å². The molecule has 3 rings (SSSR count). The van der Waals surface area contributed by atoms with E-state index in [-0.39, 0.29) is 0 Å². The van der Waals surface area contributed by atoms with Crippen LogP contribution in [-0.2, 0) is 11.3 Å². The van der Waals surface area contributed by atoms with E-state index < -0.39 is 11.4 Å². The van der Waals surface area contributed by atoms with E-state index in [0.29, 0.717) is 5.92 Å². The molecule has 1 N–H and O–H groups in total. The number of hydrogen-bond donors (Lipinski definition) is 1. The molecule has 0 bridgehead atoms. The molecule has 0 radical (unpaired) electrons. The first-order valence-corrected chi connectivity index (χ1v) is 8.09. The normalized spacial score (nSPS) is 28.4. The molecule has 2 heterocycles. The van der Waals surface area contributed by atoms with Gasteiger partial charge in [-0.3, -0.25) is 9.69 Å². The first-order chi connectivity index (χ1) is 9.18. The zero-order chi connectivity index (χ0) is 13.3. The molecule has 2 fully saturated rings. The van der Waals surface area contributed by atoms with Crippen molar-refractivity contribution in [2.45, 2.75) is 38.6 Å². The SMILES string of the molecule is O=C(O)[C@]1(CC2CC2)CCCN(Cc2ccsc2)C1. The van der Waals surface area contributed by atoms with Crippen LogP contribution in [0.3, 0.4) is 0 Å². The van der Waals surface area contributed by atoms with Gasteiger partial charge in [-0.05, 0) is 54.1 Å². The molecule has 0 amide bonds. The number of aliphatic carboxylic acids is 1. The Morgan fingerprint density at radius 2 is 2.37 bits per heavy atom. The molecule has 1 aromatic rings. The summed E-state index contributed by atoms with van der Waals surface area (Å²) < 4.78 is 0. The van der Waals surface area contributed by atoms with Crippen LogP contribution in [0, 0.1) is 11.3 Å². The highest BCUT2D eigenvalue weighted by atomic mass is 32.1. The second-order valence-corrected chi connectivity index (χ2v) is 6.96. The van der Waals surface area contributed by atoms with Crippen molar-refractivity contribution in [3.63, 3.8) is 0 Å². The van der Waals surface area contributed by atoms with Gasteiger partial charge in [0.2, 0.25) is 0 Å². The maximum atomic E-state index is 11.8. The predicted octanol–water partition coefficient (Wildman–Crippen LogP) is 3.22. The number of carboxylic acid groups (broad SMARTS) is 1. The van der Waals surface area contributed by atoms with Gasteiger partial charge in [0.25, 0.3) is 0 Å². The van der Waals surface area contributed by atoms with Crippen LogP contribution in [0.4, 0.5) is 0 Å². The summed E-state index contributed by atoms with van der Waals surface area (Å²) >= 11 is 1.71. The highest BCUT2D eigenvalue weighted by Crippen LogP contribution is 2.45. The Balaban J connectivity index is 1.68. The third-order valence-corrected chi connectivity index (χ3v) is 5.20. The molecular weight excluding hydrogens is 258 g/mol. The largest absolute Gasteiger partial charge is 0.481 e. The van der Waals surface area contributed by atoms with E-state index >= 15 is 0 Å². The van der Waals surface area contributed by atoms with Crippen LogP contribution in [-0.4, -0.2) is 29.1 Å². The van der Waals surface area contributed by atoms with Crippen molar-refractivity contribution in [1.82, 2.24) is 4.90 Å². The maximum absolute atomic E-state index is 11.8. The summed E-state index contributed by atoms with van der Waals surface area (Å²) in [7, 11) is 0. The Bertz CT molecular complexity index is 441. The van der Waals surface area contributed by atoms with Crippen molar-refractivity contribution in [2.75, 3.05) is 13.1 Å². The van der Waals surface area contributed by atoms with E-state index in [0.717, 1.165) is 38.9 Å². The van der Waals surface area contributed by atoms with E-state index in [1.807, 2.05) is 0 Å². The van der Waals surface area contributed by atoms with Crippen LogP contribution in [0.15, 0.2) is 16.8 Å². The summed E-state index contributed by atoms with van der Waals surface area (Å²) in [5.74, 6) is 0.103. The fraction of sp³-hybridized carbons (Fsp3) is 0.667. The van der Waals surface area contributed by atoms with Gasteiger partial charge < -0.3 is 5.11 Å². The molecule has 1 aliphatic carbocycles.